The Morgan fingerprint density at radius 2 is 1.90 bits per heavy atom. The number of amidine groups is 1. The van der Waals surface area contributed by atoms with Crippen LogP contribution >= 0.6 is 0 Å². The lowest BCUT2D eigenvalue weighted by molar-refractivity contribution is -0.122. The maximum Gasteiger partial charge on any atom is 0.286 e. The number of amides is 1. The van der Waals surface area contributed by atoms with Crippen LogP contribution in [-0.2, 0) is 14.8 Å². The van der Waals surface area contributed by atoms with Gasteiger partial charge in [0, 0.05) is 23.7 Å². The monoisotopic (exact) mass is 411 g/mol. The van der Waals surface area contributed by atoms with Gasteiger partial charge in [0.1, 0.15) is 10.7 Å². The van der Waals surface area contributed by atoms with Crippen LogP contribution in [0, 0.1) is 11.8 Å². The number of para-hydroxylation sites is 1. The van der Waals surface area contributed by atoms with Crippen molar-refractivity contribution in [3.8, 4) is 0 Å². The molecule has 1 saturated carbocycles. The Bertz CT molecular complexity index is 1060. The Hall–Kier alpha value is -2.67. The van der Waals surface area contributed by atoms with E-state index in [1.54, 1.807) is 12.1 Å². The van der Waals surface area contributed by atoms with Crippen molar-refractivity contribution in [3.63, 3.8) is 0 Å². The molecule has 7 heteroatoms. The minimum absolute atomic E-state index is 0.0270. The fourth-order valence-electron chi connectivity index (χ4n) is 3.62. The third kappa shape index (κ3) is 3.92. The highest BCUT2D eigenvalue weighted by atomic mass is 32.2. The fourth-order valence-corrected chi connectivity index (χ4v) is 4.86. The molecule has 0 bridgehead atoms. The maximum absolute atomic E-state index is 13.0. The number of fused-ring (bicyclic) bond motifs is 1. The lowest BCUT2D eigenvalue weighted by atomic mass is 9.85. The molecule has 6 nitrogen and oxygen atoms in total. The minimum atomic E-state index is -3.85. The highest BCUT2D eigenvalue weighted by Crippen LogP contribution is 2.39. The molecule has 0 unspecified atom stereocenters. The second-order valence-corrected chi connectivity index (χ2v) is 9.62. The number of carbonyl (C=O) groups excluding carboxylic acids is 1. The third-order valence-corrected chi connectivity index (χ3v) is 6.64. The summed E-state index contributed by atoms with van der Waals surface area (Å²) in [5.74, 6) is 0.732. The molecule has 2 aliphatic rings. The zero-order valence-corrected chi connectivity index (χ0v) is 17.4. The van der Waals surface area contributed by atoms with Gasteiger partial charge in [-0.25, -0.2) is 0 Å². The Kier molecular flexibility index (Phi) is 5.17. The molecular formula is C22H25N3O3S. The van der Waals surface area contributed by atoms with Crippen LogP contribution in [0.15, 0.2) is 57.8 Å². The number of carbonyl (C=O) groups is 1. The van der Waals surface area contributed by atoms with Crippen molar-refractivity contribution in [1.29, 1.82) is 0 Å². The van der Waals surface area contributed by atoms with Crippen LogP contribution in [0.4, 0.5) is 17.1 Å². The summed E-state index contributed by atoms with van der Waals surface area (Å²) in [6.45, 7) is 4.07. The van der Waals surface area contributed by atoms with E-state index in [9.17, 15) is 13.2 Å². The highest BCUT2D eigenvalue weighted by Gasteiger charge is 2.33. The number of benzene rings is 2. The minimum Gasteiger partial charge on any atom is -0.326 e. The summed E-state index contributed by atoms with van der Waals surface area (Å²) in [7, 11) is -3.85. The summed E-state index contributed by atoms with van der Waals surface area (Å²) in [6, 6.07) is 14.7. The molecule has 0 spiro atoms. The van der Waals surface area contributed by atoms with Gasteiger partial charge in [-0.2, -0.15) is 8.42 Å². The van der Waals surface area contributed by atoms with Crippen molar-refractivity contribution < 1.29 is 13.2 Å². The summed E-state index contributed by atoms with van der Waals surface area (Å²) >= 11 is 0. The second-order valence-electron chi connectivity index (χ2n) is 8.05. The quantitative estimate of drug-likeness (QED) is 0.773. The van der Waals surface area contributed by atoms with E-state index in [1.165, 1.54) is 6.07 Å². The van der Waals surface area contributed by atoms with Crippen molar-refractivity contribution in [2.45, 2.75) is 44.4 Å². The predicted octanol–water partition coefficient (Wildman–Crippen LogP) is 4.71. The summed E-state index contributed by atoms with van der Waals surface area (Å²) in [6.07, 6.45) is 3.38. The van der Waals surface area contributed by atoms with Gasteiger partial charge in [-0.3, -0.25) is 9.69 Å². The van der Waals surface area contributed by atoms with E-state index in [2.05, 4.69) is 9.71 Å². The Balaban J connectivity index is 1.77. The summed E-state index contributed by atoms with van der Waals surface area (Å²) in [5, 5.41) is 2.86. The molecule has 0 radical (unpaired) electrons. The van der Waals surface area contributed by atoms with E-state index in [1.807, 2.05) is 49.1 Å². The molecular weight excluding hydrogens is 386 g/mol. The molecule has 1 aliphatic heterocycles. The zero-order valence-electron chi connectivity index (χ0n) is 16.6. The molecule has 1 N–H and O–H groups in total. The number of sulfonamides is 1. The van der Waals surface area contributed by atoms with E-state index in [-0.39, 0.29) is 22.6 Å². The van der Waals surface area contributed by atoms with E-state index in [0.717, 1.165) is 24.9 Å². The first-order chi connectivity index (χ1) is 13.8. The average Bonchev–Trinajstić information content (AvgIpc) is 2.60. The van der Waals surface area contributed by atoms with Gasteiger partial charge in [-0.1, -0.05) is 38.5 Å². The largest absolute Gasteiger partial charge is 0.326 e. The predicted molar refractivity (Wildman–Crippen MR) is 115 cm³/mol. The molecule has 0 atom stereocenters. The number of hydrogen-bond donors (Lipinski definition) is 1. The lowest BCUT2D eigenvalue weighted by Crippen LogP contribution is -2.33. The summed E-state index contributed by atoms with van der Waals surface area (Å²) in [4.78, 5) is 14.3. The smallest absolute Gasteiger partial charge is 0.286 e. The van der Waals surface area contributed by atoms with Gasteiger partial charge in [0.15, 0.2) is 0 Å². The standard InChI is InChI=1S/C22H25N3O3S/c1-15(2)13-21-24-29(27,28)20-14-17(23-22(26)16-7-6-8-16)11-12-19(20)25(21)18-9-4-3-5-10-18/h3-5,9-12,14-16H,6-8,13H2,1-2H3,(H,23,26). The van der Waals surface area contributed by atoms with Crippen LogP contribution in [0.1, 0.15) is 39.5 Å². The molecule has 1 fully saturated rings. The molecule has 2 aromatic carbocycles. The van der Waals surface area contributed by atoms with Crippen molar-refractivity contribution in [2.24, 2.45) is 16.2 Å². The molecule has 0 saturated heterocycles. The number of anilines is 3. The first-order valence-corrected chi connectivity index (χ1v) is 11.4. The SMILES string of the molecule is CC(C)CC1=NS(=O)(=O)c2cc(NC(=O)C3CCC3)ccc2N1c1ccccc1. The molecule has 152 valence electrons. The van der Waals surface area contributed by atoms with Crippen molar-refractivity contribution in [1.82, 2.24) is 0 Å². The molecule has 1 amide bonds. The van der Waals surface area contributed by atoms with Gasteiger partial charge < -0.3 is 5.32 Å². The number of nitrogens with zero attached hydrogens (tertiary/aromatic N) is 2. The van der Waals surface area contributed by atoms with Crippen LogP contribution in [0.5, 0.6) is 0 Å². The topological polar surface area (TPSA) is 78.8 Å². The zero-order chi connectivity index (χ0) is 20.6. The Labute approximate surface area is 171 Å². The number of nitrogens with one attached hydrogen (secondary N) is 1. The first kappa shape index (κ1) is 19.6. The van der Waals surface area contributed by atoms with E-state index in [0.29, 0.717) is 23.6 Å². The van der Waals surface area contributed by atoms with Gasteiger partial charge in [0.25, 0.3) is 10.0 Å². The van der Waals surface area contributed by atoms with Crippen molar-refractivity contribution in [3.05, 3.63) is 48.5 Å². The molecule has 1 aliphatic carbocycles. The molecule has 29 heavy (non-hydrogen) atoms. The maximum atomic E-state index is 13.0. The molecule has 4 rings (SSSR count). The van der Waals surface area contributed by atoms with Gasteiger partial charge in [0.05, 0.1) is 5.69 Å². The van der Waals surface area contributed by atoms with E-state index < -0.39 is 10.0 Å². The van der Waals surface area contributed by atoms with Crippen LogP contribution in [0.2, 0.25) is 0 Å². The number of hydrogen-bond acceptors (Lipinski definition) is 4. The number of rotatable bonds is 5. The third-order valence-electron chi connectivity index (χ3n) is 5.31. The fraction of sp³-hybridized carbons (Fsp3) is 0.364. The van der Waals surface area contributed by atoms with Crippen LogP contribution < -0.4 is 10.2 Å². The van der Waals surface area contributed by atoms with Gasteiger partial charge in [-0.15, -0.1) is 4.40 Å². The molecule has 0 aromatic heterocycles. The Morgan fingerprint density at radius 3 is 2.52 bits per heavy atom. The first-order valence-electron chi connectivity index (χ1n) is 9.99. The summed E-state index contributed by atoms with van der Waals surface area (Å²) in [5.41, 5.74) is 1.90. The molecule has 1 heterocycles. The molecule has 2 aromatic rings. The Morgan fingerprint density at radius 1 is 1.17 bits per heavy atom. The second kappa shape index (κ2) is 7.63. The van der Waals surface area contributed by atoms with E-state index in [4.69, 9.17) is 0 Å². The van der Waals surface area contributed by atoms with Gasteiger partial charge in [-0.05, 0) is 49.1 Å². The van der Waals surface area contributed by atoms with Gasteiger partial charge in [0.2, 0.25) is 5.91 Å². The summed E-state index contributed by atoms with van der Waals surface area (Å²) < 4.78 is 30.0. The van der Waals surface area contributed by atoms with E-state index >= 15 is 0 Å². The van der Waals surface area contributed by atoms with Crippen LogP contribution in [-0.4, -0.2) is 20.2 Å². The van der Waals surface area contributed by atoms with Gasteiger partial charge >= 0.3 is 0 Å². The lowest BCUT2D eigenvalue weighted by Gasteiger charge is -2.32. The average molecular weight is 412 g/mol. The van der Waals surface area contributed by atoms with Crippen molar-refractivity contribution in [2.75, 3.05) is 10.2 Å². The van der Waals surface area contributed by atoms with Crippen molar-refractivity contribution >= 4 is 38.8 Å². The van der Waals surface area contributed by atoms with Crippen LogP contribution in [0.25, 0.3) is 0 Å². The normalized spacial score (nSPS) is 18.0. The highest BCUT2D eigenvalue weighted by molar-refractivity contribution is 7.90. The van der Waals surface area contributed by atoms with Crippen LogP contribution in [0.3, 0.4) is 0 Å².